The summed E-state index contributed by atoms with van der Waals surface area (Å²) in [5.74, 6) is 0.552. The SMILES string of the molecule is COc1ccccc1C(=O)N(CCc1ccccn1)Cc1ccccc1. The summed E-state index contributed by atoms with van der Waals surface area (Å²) in [7, 11) is 1.58. The quantitative estimate of drug-likeness (QED) is 0.650. The summed E-state index contributed by atoms with van der Waals surface area (Å²) in [6, 6.07) is 23.2. The van der Waals surface area contributed by atoms with E-state index in [2.05, 4.69) is 4.98 Å². The van der Waals surface area contributed by atoms with Crippen molar-refractivity contribution in [3.05, 3.63) is 95.8 Å². The first-order valence-electron chi connectivity index (χ1n) is 8.64. The second-order valence-electron chi connectivity index (χ2n) is 5.98. The van der Waals surface area contributed by atoms with E-state index >= 15 is 0 Å². The van der Waals surface area contributed by atoms with Crippen molar-refractivity contribution in [2.45, 2.75) is 13.0 Å². The molecule has 0 spiro atoms. The predicted molar refractivity (Wildman–Crippen MR) is 102 cm³/mol. The van der Waals surface area contributed by atoms with Gasteiger partial charge in [-0.3, -0.25) is 9.78 Å². The first-order chi connectivity index (χ1) is 12.8. The van der Waals surface area contributed by atoms with Crippen LogP contribution in [0.25, 0.3) is 0 Å². The number of hydrogen-bond acceptors (Lipinski definition) is 3. The Bertz CT molecular complexity index is 835. The molecule has 1 amide bonds. The molecule has 4 heteroatoms. The Kier molecular flexibility index (Phi) is 5.99. The fourth-order valence-corrected chi connectivity index (χ4v) is 2.84. The molecule has 2 aromatic carbocycles. The molecule has 0 saturated heterocycles. The van der Waals surface area contributed by atoms with Gasteiger partial charge in [0.1, 0.15) is 5.75 Å². The summed E-state index contributed by atoms with van der Waals surface area (Å²) in [5, 5.41) is 0. The van der Waals surface area contributed by atoms with Gasteiger partial charge in [0.15, 0.2) is 0 Å². The summed E-state index contributed by atoms with van der Waals surface area (Å²) in [4.78, 5) is 19.4. The molecule has 0 aliphatic carbocycles. The fraction of sp³-hybridized carbons (Fsp3) is 0.182. The van der Waals surface area contributed by atoms with Crippen LogP contribution in [0.4, 0.5) is 0 Å². The van der Waals surface area contributed by atoms with E-state index in [-0.39, 0.29) is 5.91 Å². The zero-order chi connectivity index (χ0) is 18.2. The molecule has 0 radical (unpaired) electrons. The molecule has 1 aromatic heterocycles. The summed E-state index contributed by atoms with van der Waals surface area (Å²) < 4.78 is 5.37. The Morgan fingerprint density at radius 1 is 0.962 bits per heavy atom. The number of benzene rings is 2. The molecular formula is C22H22N2O2. The van der Waals surface area contributed by atoms with Crippen molar-refractivity contribution < 1.29 is 9.53 Å². The van der Waals surface area contributed by atoms with E-state index in [4.69, 9.17) is 4.74 Å². The first kappa shape index (κ1) is 17.7. The van der Waals surface area contributed by atoms with Gasteiger partial charge in [0.25, 0.3) is 5.91 Å². The summed E-state index contributed by atoms with van der Waals surface area (Å²) >= 11 is 0. The highest BCUT2D eigenvalue weighted by Gasteiger charge is 2.19. The minimum absolute atomic E-state index is 0.0396. The van der Waals surface area contributed by atoms with Crippen molar-refractivity contribution in [2.24, 2.45) is 0 Å². The van der Waals surface area contributed by atoms with Crippen LogP contribution in [0.5, 0.6) is 5.75 Å². The Labute approximate surface area is 154 Å². The van der Waals surface area contributed by atoms with E-state index in [1.165, 1.54) is 0 Å². The van der Waals surface area contributed by atoms with E-state index in [9.17, 15) is 4.79 Å². The number of ether oxygens (including phenoxy) is 1. The van der Waals surface area contributed by atoms with Gasteiger partial charge < -0.3 is 9.64 Å². The van der Waals surface area contributed by atoms with Crippen molar-refractivity contribution in [1.82, 2.24) is 9.88 Å². The Morgan fingerprint density at radius 2 is 1.69 bits per heavy atom. The van der Waals surface area contributed by atoms with E-state index in [1.807, 2.05) is 71.6 Å². The average Bonchev–Trinajstić information content (AvgIpc) is 2.72. The van der Waals surface area contributed by atoms with Crippen molar-refractivity contribution >= 4 is 5.91 Å². The molecule has 0 unspecified atom stereocenters. The number of aromatic nitrogens is 1. The van der Waals surface area contributed by atoms with Crippen molar-refractivity contribution in [1.29, 1.82) is 0 Å². The van der Waals surface area contributed by atoms with Gasteiger partial charge >= 0.3 is 0 Å². The zero-order valence-corrected chi connectivity index (χ0v) is 14.8. The zero-order valence-electron chi connectivity index (χ0n) is 14.8. The largest absolute Gasteiger partial charge is 0.496 e. The second kappa shape index (κ2) is 8.81. The lowest BCUT2D eigenvalue weighted by Crippen LogP contribution is -2.33. The van der Waals surface area contributed by atoms with Crippen LogP contribution >= 0.6 is 0 Å². The molecule has 1 heterocycles. The van der Waals surface area contributed by atoms with Gasteiger partial charge in [0, 0.05) is 31.4 Å². The van der Waals surface area contributed by atoms with E-state index in [0.717, 1.165) is 11.3 Å². The molecular weight excluding hydrogens is 324 g/mol. The van der Waals surface area contributed by atoms with Gasteiger partial charge in [-0.25, -0.2) is 0 Å². The molecule has 0 fully saturated rings. The number of amides is 1. The number of para-hydroxylation sites is 1. The number of nitrogens with zero attached hydrogens (tertiary/aromatic N) is 2. The molecule has 3 aromatic rings. The number of carbonyl (C=O) groups excluding carboxylic acids is 1. The number of hydrogen-bond donors (Lipinski definition) is 0. The molecule has 0 atom stereocenters. The third-order valence-corrected chi connectivity index (χ3v) is 4.20. The van der Waals surface area contributed by atoms with Crippen LogP contribution in [0, 0.1) is 0 Å². The van der Waals surface area contributed by atoms with Crippen molar-refractivity contribution in [2.75, 3.05) is 13.7 Å². The van der Waals surface area contributed by atoms with Crippen LogP contribution in [0.2, 0.25) is 0 Å². The number of pyridine rings is 1. The van der Waals surface area contributed by atoms with E-state index in [0.29, 0.717) is 30.8 Å². The molecule has 0 N–H and O–H groups in total. The van der Waals surface area contributed by atoms with Crippen LogP contribution in [0.15, 0.2) is 79.0 Å². The topological polar surface area (TPSA) is 42.4 Å². The summed E-state index contributed by atoms with van der Waals surface area (Å²) in [6.07, 6.45) is 2.48. The summed E-state index contributed by atoms with van der Waals surface area (Å²) in [5.41, 5.74) is 2.64. The minimum atomic E-state index is -0.0396. The second-order valence-corrected chi connectivity index (χ2v) is 5.98. The van der Waals surface area contributed by atoms with Gasteiger partial charge in [0.2, 0.25) is 0 Å². The molecule has 0 aliphatic heterocycles. The maximum atomic E-state index is 13.2. The van der Waals surface area contributed by atoms with Gasteiger partial charge in [-0.15, -0.1) is 0 Å². The Morgan fingerprint density at radius 3 is 2.42 bits per heavy atom. The highest BCUT2D eigenvalue weighted by atomic mass is 16.5. The first-order valence-corrected chi connectivity index (χ1v) is 8.64. The van der Waals surface area contributed by atoms with Crippen LogP contribution in [0.1, 0.15) is 21.6 Å². The molecule has 132 valence electrons. The van der Waals surface area contributed by atoms with Crippen LogP contribution in [-0.2, 0) is 13.0 Å². The monoisotopic (exact) mass is 346 g/mol. The minimum Gasteiger partial charge on any atom is -0.496 e. The average molecular weight is 346 g/mol. The Hall–Kier alpha value is -3.14. The van der Waals surface area contributed by atoms with Crippen LogP contribution < -0.4 is 4.74 Å². The molecule has 0 aliphatic rings. The van der Waals surface area contributed by atoms with Gasteiger partial charge in [-0.05, 0) is 29.8 Å². The third-order valence-electron chi connectivity index (χ3n) is 4.20. The van der Waals surface area contributed by atoms with Crippen LogP contribution in [0.3, 0.4) is 0 Å². The predicted octanol–water partition coefficient (Wildman–Crippen LogP) is 3.98. The summed E-state index contributed by atoms with van der Waals surface area (Å²) in [6.45, 7) is 1.13. The smallest absolute Gasteiger partial charge is 0.257 e. The standard InChI is InChI=1S/C22H22N2O2/c1-26-21-13-6-5-12-20(21)22(25)24(17-18-9-3-2-4-10-18)16-14-19-11-7-8-15-23-19/h2-13,15H,14,16-17H2,1H3. The van der Waals surface area contributed by atoms with Gasteiger partial charge in [0.05, 0.1) is 12.7 Å². The number of methoxy groups -OCH3 is 1. The normalized spacial score (nSPS) is 10.3. The molecule has 3 rings (SSSR count). The lowest BCUT2D eigenvalue weighted by atomic mass is 10.1. The van der Waals surface area contributed by atoms with Crippen molar-refractivity contribution in [3.8, 4) is 5.75 Å². The molecule has 0 bridgehead atoms. The van der Waals surface area contributed by atoms with Crippen molar-refractivity contribution in [3.63, 3.8) is 0 Å². The lowest BCUT2D eigenvalue weighted by Gasteiger charge is -2.24. The highest BCUT2D eigenvalue weighted by molar-refractivity contribution is 5.96. The fourth-order valence-electron chi connectivity index (χ4n) is 2.84. The van der Waals surface area contributed by atoms with Gasteiger partial charge in [-0.2, -0.15) is 0 Å². The van der Waals surface area contributed by atoms with Gasteiger partial charge in [-0.1, -0.05) is 48.5 Å². The third kappa shape index (κ3) is 4.48. The Balaban J connectivity index is 1.82. The highest BCUT2D eigenvalue weighted by Crippen LogP contribution is 2.20. The maximum absolute atomic E-state index is 13.2. The van der Waals surface area contributed by atoms with Crippen LogP contribution in [-0.4, -0.2) is 29.4 Å². The maximum Gasteiger partial charge on any atom is 0.257 e. The molecule has 4 nitrogen and oxygen atoms in total. The molecule has 26 heavy (non-hydrogen) atoms. The van der Waals surface area contributed by atoms with E-state index < -0.39 is 0 Å². The lowest BCUT2D eigenvalue weighted by molar-refractivity contribution is 0.0741. The molecule has 0 saturated carbocycles. The number of rotatable bonds is 7. The van der Waals surface area contributed by atoms with E-state index in [1.54, 1.807) is 19.4 Å². The number of carbonyl (C=O) groups is 1.